The molecule has 0 spiro atoms. The third kappa shape index (κ3) is 5.21. The lowest BCUT2D eigenvalue weighted by atomic mass is 9.89. The summed E-state index contributed by atoms with van der Waals surface area (Å²) in [5, 5.41) is 2.03. The van der Waals surface area contributed by atoms with E-state index in [1.807, 2.05) is 84.9 Å². The topological polar surface area (TPSA) is 48.0 Å². The van der Waals surface area contributed by atoms with Crippen molar-refractivity contribution in [2.75, 3.05) is 46.6 Å². The van der Waals surface area contributed by atoms with Crippen molar-refractivity contribution >= 4 is 16.6 Å². The Hall–Kier alpha value is -3.67. The van der Waals surface area contributed by atoms with Crippen LogP contribution in [0.15, 0.2) is 84.9 Å². The molecule has 0 unspecified atom stereocenters. The summed E-state index contributed by atoms with van der Waals surface area (Å²) in [6, 6.07) is 27.3. The number of hydrogen-bond acceptors (Lipinski definition) is 5. The van der Waals surface area contributed by atoms with Crippen LogP contribution in [0.1, 0.15) is 15.9 Å². The highest BCUT2D eigenvalue weighted by molar-refractivity contribution is 6.17. The molecular formula is C30H29NO4. The van der Waals surface area contributed by atoms with Gasteiger partial charge in [0.05, 0.1) is 20.3 Å². The number of methoxy groups -OCH3 is 1. The molecule has 5 rings (SSSR count). The number of ketones is 1. The van der Waals surface area contributed by atoms with Gasteiger partial charge in [-0.25, -0.2) is 0 Å². The lowest BCUT2D eigenvalue weighted by Crippen LogP contribution is -2.38. The number of nitrogens with zero attached hydrogens (tertiary/aromatic N) is 1. The molecule has 5 nitrogen and oxygen atoms in total. The predicted molar refractivity (Wildman–Crippen MR) is 139 cm³/mol. The van der Waals surface area contributed by atoms with E-state index in [1.54, 1.807) is 7.11 Å². The van der Waals surface area contributed by atoms with Gasteiger partial charge >= 0.3 is 0 Å². The summed E-state index contributed by atoms with van der Waals surface area (Å²) in [6.45, 7) is 4.98. The quantitative estimate of drug-likeness (QED) is 0.322. The van der Waals surface area contributed by atoms with Gasteiger partial charge in [0.15, 0.2) is 5.78 Å². The van der Waals surface area contributed by atoms with Gasteiger partial charge in [0.25, 0.3) is 0 Å². The van der Waals surface area contributed by atoms with E-state index in [0.717, 1.165) is 66.2 Å². The normalized spacial score (nSPS) is 14.1. The van der Waals surface area contributed by atoms with E-state index in [2.05, 4.69) is 4.90 Å². The molecule has 0 aliphatic carbocycles. The zero-order valence-electron chi connectivity index (χ0n) is 19.9. The van der Waals surface area contributed by atoms with Crippen LogP contribution in [0.2, 0.25) is 0 Å². The maximum Gasteiger partial charge on any atom is 0.193 e. The molecule has 4 aromatic rings. The first kappa shape index (κ1) is 23.1. The number of carbonyl (C=O) groups excluding carboxylic acids is 1. The summed E-state index contributed by atoms with van der Waals surface area (Å²) in [7, 11) is 1.66. The first-order chi connectivity index (χ1) is 17.2. The fourth-order valence-electron chi connectivity index (χ4n) is 4.51. The number of hydrogen-bond donors (Lipinski definition) is 0. The Morgan fingerprint density at radius 1 is 0.886 bits per heavy atom. The van der Waals surface area contributed by atoms with Crippen molar-refractivity contribution in [1.29, 1.82) is 0 Å². The van der Waals surface area contributed by atoms with Crippen molar-refractivity contribution in [3.63, 3.8) is 0 Å². The zero-order valence-corrected chi connectivity index (χ0v) is 19.9. The molecule has 0 amide bonds. The van der Waals surface area contributed by atoms with E-state index >= 15 is 0 Å². The number of benzene rings is 4. The van der Waals surface area contributed by atoms with Crippen LogP contribution < -0.4 is 9.47 Å². The SMILES string of the molecule is COc1ccc2ccc(C(=O)c3ccccc3)c(-c3ccc(OCCN4CCOCC4)cc3)c2c1. The van der Waals surface area contributed by atoms with Crippen molar-refractivity contribution in [2.45, 2.75) is 0 Å². The average Bonchev–Trinajstić information content (AvgIpc) is 2.93. The molecule has 4 aromatic carbocycles. The Morgan fingerprint density at radius 2 is 1.60 bits per heavy atom. The third-order valence-electron chi connectivity index (χ3n) is 6.43. The largest absolute Gasteiger partial charge is 0.497 e. The number of rotatable bonds is 8. The molecule has 5 heteroatoms. The van der Waals surface area contributed by atoms with Gasteiger partial charge in [-0.05, 0) is 46.7 Å². The van der Waals surface area contributed by atoms with Gasteiger partial charge in [0.1, 0.15) is 18.1 Å². The van der Waals surface area contributed by atoms with Crippen molar-refractivity contribution in [3.05, 3.63) is 96.1 Å². The molecule has 1 aliphatic heterocycles. The van der Waals surface area contributed by atoms with Gasteiger partial charge < -0.3 is 14.2 Å². The van der Waals surface area contributed by atoms with Crippen molar-refractivity contribution in [1.82, 2.24) is 4.90 Å². The molecule has 1 aliphatic rings. The van der Waals surface area contributed by atoms with Gasteiger partial charge in [-0.1, -0.05) is 54.6 Å². The van der Waals surface area contributed by atoms with Crippen LogP contribution in [-0.2, 0) is 4.74 Å². The summed E-state index contributed by atoms with van der Waals surface area (Å²) >= 11 is 0. The number of ether oxygens (including phenoxy) is 3. The highest BCUT2D eigenvalue weighted by Crippen LogP contribution is 2.36. The van der Waals surface area contributed by atoms with E-state index in [1.165, 1.54) is 0 Å². The molecule has 1 saturated heterocycles. The van der Waals surface area contributed by atoms with Crippen LogP contribution in [-0.4, -0.2) is 57.2 Å². The number of fused-ring (bicyclic) bond motifs is 1. The molecule has 35 heavy (non-hydrogen) atoms. The van der Waals surface area contributed by atoms with Crippen LogP contribution in [0, 0.1) is 0 Å². The summed E-state index contributed by atoms with van der Waals surface area (Å²) in [4.78, 5) is 15.9. The Labute approximate surface area is 205 Å². The lowest BCUT2D eigenvalue weighted by molar-refractivity contribution is 0.0322. The van der Waals surface area contributed by atoms with Crippen molar-refractivity contribution in [2.24, 2.45) is 0 Å². The van der Waals surface area contributed by atoms with Gasteiger partial charge in [-0.2, -0.15) is 0 Å². The molecule has 1 fully saturated rings. The van der Waals surface area contributed by atoms with Crippen LogP contribution in [0.5, 0.6) is 11.5 Å². The summed E-state index contributed by atoms with van der Waals surface area (Å²) in [5.41, 5.74) is 3.19. The minimum absolute atomic E-state index is 0.00356. The number of morpholine rings is 1. The van der Waals surface area contributed by atoms with Gasteiger partial charge in [-0.15, -0.1) is 0 Å². The summed E-state index contributed by atoms with van der Waals surface area (Å²) in [5.74, 6) is 1.57. The Kier molecular flexibility index (Phi) is 7.07. The molecular weight excluding hydrogens is 438 g/mol. The molecule has 0 atom stereocenters. The van der Waals surface area contributed by atoms with E-state index < -0.39 is 0 Å². The fourth-order valence-corrected chi connectivity index (χ4v) is 4.51. The monoisotopic (exact) mass is 467 g/mol. The van der Waals surface area contributed by atoms with Gasteiger partial charge in [-0.3, -0.25) is 9.69 Å². The third-order valence-corrected chi connectivity index (χ3v) is 6.43. The second kappa shape index (κ2) is 10.7. The van der Waals surface area contributed by atoms with Crippen molar-refractivity contribution < 1.29 is 19.0 Å². The molecule has 0 aromatic heterocycles. The fraction of sp³-hybridized carbons (Fsp3) is 0.233. The molecule has 0 radical (unpaired) electrons. The first-order valence-corrected chi connectivity index (χ1v) is 12.0. The van der Waals surface area contributed by atoms with E-state index in [-0.39, 0.29) is 5.78 Å². The molecule has 178 valence electrons. The molecule has 0 saturated carbocycles. The van der Waals surface area contributed by atoms with Gasteiger partial charge in [0, 0.05) is 36.3 Å². The average molecular weight is 468 g/mol. The minimum atomic E-state index is -0.00356. The molecule has 1 heterocycles. The van der Waals surface area contributed by atoms with Crippen LogP contribution in [0.25, 0.3) is 21.9 Å². The van der Waals surface area contributed by atoms with Crippen LogP contribution >= 0.6 is 0 Å². The van der Waals surface area contributed by atoms with E-state index in [4.69, 9.17) is 14.2 Å². The van der Waals surface area contributed by atoms with Crippen LogP contribution in [0.3, 0.4) is 0 Å². The van der Waals surface area contributed by atoms with Gasteiger partial charge in [0.2, 0.25) is 0 Å². The van der Waals surface area contributed by atoms with Crippen molar-refractivity contribution in [3.8, 4) is 22.6 Å². The maximum absolute atomic E-state index is 13.5. The highest BCUT2D eigenvalue weighted by atomic mass is 16.5. The highest BCUT2D eigenvalue weighted by Gasteiger charge is 2.18. The van der Waals surface area contributed by atoms with E-state index in [0.29, 0.717) is 17.7 Å². The second-order valence-electron chi connectivity index (χ2n) is 8.60. The first-order valence-electron chi connectivity index (χ1n) is 12.0. The number of carbonyl (C=O) groups is 1. The lowest BCUT2D eigenvalue weighted by Gasteiger charge is -2.26. The standard InChI is InChI=1S/C30H29NO4/c1-33-26-13-7-22-10-14-27(30(32)24-5-3-2-4-6-24)29(28(22)21-26)23-8-11-25(12-9-23)35-20-17-31-15-18-34-19-16-31/h2-14,21H,15-20H2,1H3. The molecule has 0 N–H and O–H groups in total. The Morgan fingerprint density at radius 3 is 2.34 bits per heavy atom. The second-order valence-corrected chi connectivity index (χ2v) is 8.60. The molecule has 0 bridgehead atoms. The maximum atomic E-state index is 13.5. The minimum Gasteiger partial charge on any atom is -0.497 e. The van der Waals surface area contributed by atoms with Crippen LogP contribution in [0.4, 0.5) is 0 Å². The summed E-state index contributed by atoms with van der Waals surface area (Å²) in [6.07, 6.45) is 0. The zero-order chi connectivity index (χ0) is 24.0. The van der Waals surface area contributed by atoms with E-state index in [9.17, 15) is 4.79 Å². The summed E-state index contributed by atoms with van der Waals surface area (Å²) < 4.78 is 16.9. The Balaban J connectivity index is 1.47. The Bertz CT molecular complexity index is 1300. The smallest absolute Gasteiger partial charge is 0.193 e. The predicted octanol–water partition coefficient (Wildman–Crippen LogP) is 5.46.